The van der Waals surface area contributed by atoms with Gasteiger partial charge in [-0.3, -0.25) is 4.79 Å². The summed E-state index contributed by atoms with van der Waals surface area (Å²) in [5, 5.41) is 4.12. The average Bonchev–Trinajstić information content (AvgIpc) is 2.21. The first-order valence-electron chi connectivity index (χ1n) is 4.59. The standard InChI is InChI=1S/C11H13BrClNO/c1-11(2,7-12)10(15)14-9-5-3-8(13)4-6-9/h3-6H,7H2,1-2H3,(H,14,15). The number of hydrogen-bond donors (Lipinski definition) is 1. The fourth-order valence-corrected chi connectivity index (χ4v) is 1.27. The van der Waals surface area contributed by atoms with Crippen molar-refractivity contribution in [2.45, 2.75) is 13.8 Å². The molecule has 15 heavy (non-hydrogen) atoms. The van der Waals surface area contributed by atoms with Crippen molar-refractivity contribution in [2.24, 2.45) is 5.41 Å². The van der Waals surface area contributed by atoms with E-state index in [0.29, 0.717) is 10.4 Å². The molecule has 0 saturated heterocycles. The van der Waals surface area contributed by atoms with E-state index in [-0.39, 0.29) is 5.91 Å². The third kappa shape index (κ3) is 3.50. The number of halogens is 2. The van der Waals surface area contributed by atoms with Gasteiger partial charge < -0.3 is 5.32 Å². The van der Waals surface area contributed by atoms with Crippen LogP contribution >= 0.6 is 27.5 Å². The van der Waals surface area contributed by atoms with Gasteiger partial charge in [0.15, 0.2) is 0 Å². The Kier molecular flexibility index (Phi) is 4.17. The summed E-state index contributed by atoms with van der Waals surface area (Å²) in [6.45, 7) is 3.76. The summed E-state index contributed by atoms with van der Waals surface area (Å²) in [5.41, 5.74) is 0.345. The lowest BCUT2D eigenvalue weighted by Gasteiger charge is -2.20. The Balaban J connectivity index is 2.71. The second-order valence-corrected chi connectivity index (χ2v) is 4.98. The van der Waals surface area contributed by atoms with Crippen LogP contribution in [0.25, 0.3) is 0 Å². The molecule has 1 N–H and O–H groups in total. The number of alkyl halides is 1. The molecule has 0 unspecified atom stereocenters. The molecule has 0 spiro atoms. The van der Waals surface area contributed by atoms with E-state index in [9.17, 15) is 4.79 Å². The van der Waals surface area contributed by atoms with Gasteiger partial charge in [-0.2, -0.15) is 0 Å². The van der Waals surface area contributed by atoms with Gasteiger partial charge in [0.05, 0.1) is 5.41 Å². The Morgan fingerprint density at radius 2 is 1.93 bits per heavy atom. The molecule has 0 aliphatic heterocycles. The minimum Gasteiger partial charge on any atom is -0.326 e. The summed E-state index contributed by atoms with van der Waals surface area (Å²) in [7, 11) is 0. The average molecular weight is 291 g/mol. The third-order valence-electron chi connectivity index (χ3n) is 2.05. The predicted octanol–water partition coefficient (Wildman–Crippen LogP) is 3.70. The first kappa shape index (κ1) is 12.5. The Morgan fingerprint density at radius 1 is 1.40 bits per heavy atom. The molecule has 4 heteroatoms. The predicted molar refractivity (Wildman–Crippen MR) is 67.7 cm³/mol. The molecule has 0 atom stereocenters. The van der Waals surface area contributed by atoms with Gasteiger partial charge in [-0.05, 0) is 24.3 Å². The summed E-state index contributed by atoms with van der Waals surface area (Å²) in [5.74, 6) is -0.0123. The molecular weight excluding hydrogens is 277 g/mol. The quantitative estimate of drug-likeness (QED) is 0.845. The number of carbonyl (C=O) groups excluding carboxylic acids is 1. The highest BCUT2D eigenvalue weighted by Crippen LogP contribution is 2.21. The van der Waals surface area contributed by atoms with Gasteiger partial charge in [-0.15, -0.1) is 0 Å². The van der Waals surface area contributed by atoms with Crippen molar-refractivity contribution in [3.8, 4) is 0 Å². The number of hydrogen-bond acceptors (Lipinski definition) is 1. The fourth-order valence-electron chi connectivity index (χ4n) is 0.894. The zero-order valence-electron chi connectivity index (χ0n) is 8.68. The maximum absolute atomic E-state index is 11.8. The minimum atomic E-state index is -0.417. The highest BCUT2D eigenvalue weighted by Gasteiger charge is 2.25. The maximum atomic E-state index is 11.8. The third-order valence-corrected chi connectivity index (χ3v) is 3.70. The molecule has 0 saturated carbocycles. The smallest absolute Gasteiger partial charge is 0.230 e. The van der Waals surface area contributed by atoms with Crippen molar-refractivity contribution in [2.75, 3.05) is 10.6 Å². The Hall–Kier alpha value is -0.540. The number of nitrogens with one attached hydrogen (secondary N) is 1. The summed E-state index contributed by atoms with van der Waals surface area (Å²) >= 11 is 9.06. The highest BCUT2D eigenvalue weighted by molar-refractivity contribution is 9.09. The number of anilines is 1. The summed E-state index contributed by atoms with van der Waals surface area (Å²) in [6.07, 6.45) is 0. The van der Waals surface area contributed by atoms with Crippen molar-refractivity contribution in [1.29, 1.82) is 0 Å². The normalized spacial score (nSPS) is 11.2. The number of amides is 1. The zero-order valence-corrected chi connectivity index (χ0v) is 11.0. The van der Waals surface area contributed by atoms with Gasteiger partial charge >= 0.3 is 0 Å². The molecule has 1 aromatic carbocycles. The molecule has 0 aliphatic rings. The van der Waals surface area contributed by atoms with E-state index in [1.807, 2.05) is 13.8 Å². The van der Waals surface area contributed by atoms with Gasteiger partial charge in [0, 0.05) is 16.0 Å². The van der Waals surface area contributed by atoms with Gasteiger partial charge in [0.2, 0.25) is 5.91 Å². The van der Waals surface area contributed by atoms with E-state index in [4.69, 9.17) is 11.6 Å². The molecule has 0 aromatic heterocycles. The van der Waals surface area contributed by atoms with Crippen LogP contribution < -0.4 is 5.32 Å². The van der Waals surface area contributed by atoms with Crippen molar-refractivity contribution < 1.29 is 4.79 Å². The van der Waals surface area contributed by atoms with E-state index in [2.05, 4.69) is 21.2 Å². The lowest BCUT2D eigenvalue weighted by atomic mass is 9.95. The van der Waals surface area contributed by atoms with E-state index in [0.717, 1.165) is 5.69 Å². The largest absolute Gasteiger partial charge is 0.326 e. The van der Waals surface area contributed by atoms with Gasteiger partial charge in [-0.1, -0.05) is 41.4 Å². The molecule has 0 aliphatic carbocycles. The molecule has 0 heterocycles. The summed E-state index contributed by atoms with van der Waals surface area (Å²) < 4.78 is 0. The Bertz CT molecular complexity index is 348. The van der Waals surface area contributed by atoms with Crippen LogP contribution in [0.15, 0.2) is 24.3 Å². The molecule has 1 aromatic rings. The van der Waals surface area contributed by atoms with Crippen LogP contribution in [0.3, 0.4) is 0 Å². The molecule has 82 valence electrons. The van der Waals surface area contributed by atoms with Crippen LogP contribution in [0.5, 0.6) is 0 Å². The lowest BCUT2D eigenvalue weighted by molar-refractivity contribution is -0.122. The van der Waals surface area contributed by atoms with E-state index in [1.54, 1.807) is 24.3 Å². The lowest BCUT2D eigenvalue weighted by Crippen LogP contribution is -2.32. The first-order valence-corrected chi connectivity index (χ1v) is 6.08. The molecular formula is C11H13BrClNO. The second kappa shape index (κ2) is 4.99. The number of carbonyl (C=O) groups is 1. The SMILES string of the molecule is CC(C)(CBr)C(=O)Nc1ccc(Cl)cc1. The van der Waals surface area contributed by atoms with Crippen LogP contribution in [0.1, 0.15) is 13.8 Å². The van der Waals surface area contributed by atoms with Crippen LogP contribution in [0.4, 0.5) is 5.69 Å². The molecule has 0 fully saturated rings. The van der Waals surface area contributed by atoms with Crippen molar-refractivity contribution >= 4 is 39.1 Å². The Morgan fingerprint density at radius 3 is 2.40 bits per heavy atom. The Labute approximate surface area is 103 Å². The molecule has 1 amide bonds. The zero-order chi connectivity index (χ0) is 11.5. The minimum absolute atomic E-state index is 0.0123. The van der Waals surface area contributed by atoms with Gasteiger partial charge in [-0.25, -0.2) is 0 Å². The second-order valence-electron chi connectivity index (χ2n) is 3.98. The van der Waals surface area contributed by atoms with Gasteiger partial charge in [0.25, 0.3) is 0 Å². The van der Waals surface area contributed by atoms with E-state index >= 15 is 0 Å². The summed E-state index contributed by atoms with van der Waals surface area (Å²) in [6, 6.07) is 7.06. The first-order chi connectivity index (χ1) is 6.95. The number of rotatable bonds is 3. The monoisotopic (exact) mass is 289 g/mol. The van der Waals surface area contributed by atoms with Gasteiger partial charge in [0.1, 0.15) is 0 Å². The van der Waals surface area contributed by atoms with Crippen molar-refractivity contribution in [3.05, 3.63) is 29.3 Å². The summed E-state index contributed by atoms with van der Waals surface area (Å²) in [4.78, 5) is 11.8. The van der Waals surface area contributed by atoms with E-state index in [1.165, 1.54) is 0 Å². The van der Waals surface area contributed by atoms with Crippen LogP contribution in [0.2, 0.25) is 5.02 Å². The fraction of sp³-hybridized carbons (Fsp3) is 0.364. The van der Waals surface area contributed by atoms with Crippen LogP contribution in [-0.4, -0.2) is 11.2 Å². The van der Waals surface area contributed by atoms with Crippen molar-refractivity contribution in [1.82, 2.24) is 0 Å². The molecule has 0 radical (unpaired) electrons. The van der Waals surface area contributed by atoms with Crippen molar-refractivity contribution in [3.63, 3.8) is 0 Å². The number of benzene rings is 1. The van der Waals surface area contributed by atoms with Crippen LogP contribution in [0, 0.1) is 5.41 Å². The molecule has 2 nitrogen and oxygen atoms in total. The topological polar surface area (TPSA) is 29.1 Å². The molecule has 1 rings (SSSR count). The van der Waals surface area contributed by atoms with Crippen LogP contribution in [-0.2, 0) is 4.79 Å². The van der Waals surface area contributed by atoms with E-state index < -0.39 is 5.41 Å². The molecule has 0 bridgehead atoms. The highest BCUT2D eigenvalue weighted by atomic mass is 79.9. The maximum Gasteiger partial charge on any atom is 0.230 e.